The summed E-state index contributed by atoms with van der Waals surface area (Å²) in [5, 5.41) is 22.0. The molecule has 1 unspecified atom stereocenters. The molecule has 1 aromatic heterocycles. The summed E-state index contributed by atoms with van der Waals surface area (Å²) < 4.78 is 41.2. The van der Waals surface area contributed by atoms with E-state index in [0.29, 0.717) is 0 Å². The standard InChI is InChI=1S/C23H28N3O11P/c1-5-11-23(31)18(27)17(35-20(23)26-13-24-21(29)25-22(26)30)12-33-38(32,37-16-9-7-6-8-10-16)36-15(4)19(28)34-14(2)3/h6-10,13-15,17-18,20,27,31H,12H2,1-4H3,(H,25,29,30)/t15-,17+,18-,20+,23?,38-/m0/s1. The molecule has 1 aliphatic rings. The molecule has 206 valence electrons. The van der Waals surface area contributed by atoms with Crippen molar-refractivity contribution in [2.45, 2.75) is 63.9 Å². The highest BCUT2D eigenvalue weighted by Crippen LogP contribution is 2.51. The molecule has 2 heterocycles. The zero-order valence-corrected chi connectivity index (χ0v) is 21.9. The Morgan fingerprint density at radius 2 is 1.97 bits per heavy atom. The van der Waals surface area contributed by atoms with Crippen LogP contribution in [0, 0.1) is 11.8 Å². The quantitative estimate of drug-likeness (QED) is 0.210. The van der Waals surface area contributed by atoms with Crippen molar-refractivity contribution in [3.8, 4) is 17.6 Å². The first-order valence-corrected chi connectivity index (χ1v) is 12.9. The maximum Gasteiger partial charge on any atom is 0.530 e. The van der Waals surface area contributed by atoms with Crippen molar-refractivity contribution in [3.05, 3.63) is 57.6 Å². The highest BCUT2D eigenvalue weighted by atomic mass is 31.2. The molecule has 15 heteroatoms. The van der Waals surface area contributed by atoms with E-state index in [1.54, 1.807) is 32.0 Å². The maximum atomic E-state index is 13.6. The van der Waals surface area contributed by atoms with Crippen LogP contribution in [0.2, 0.25) is 0 Å². The van der Waals surface area contributed by atoms with E-state index in [1.807, 2.05) is 4.98 Å². The molecule has 3 rings (SSSR count). The summed E-state index contributed by atoms with van der Waals surface area (Å²) in [5.74, 6) is 4.11. The van der Waals surface area contributed by atoms with Crippen LogP contribution in [0.1, 0.15) is 33.9 Å². The Labute approximate surface area is 217 Å². The van der Waals surface area contributed by atoms with Gasteiger partial charge >= 0.3 is 25.2 Å². The molecule has 0 bridgehead atoms. The fourth-order valence-electron chi connectivity index (χ4n) is 3.46. The van der Waals surface area contributed by atoms with E-state index < -0.39 is 68.0 Å². The number of aromatic nitrogens is 3. The molecular formula is C23H28N3O11P. The summed E-state index contributed by atoms with van der Waals surface area (Å²) in [5.41, 5.74) is -4.28. The van der Waals surface area contributed by atoms with Gasteiger partial charge in [-0.3, -0.25) is 18.6 Å². The predicted molar refractivity (Wildman–Crippen MR) is 130 cm³/mol. The number of nitrogens with zero attached hydrogens (tertiary/aromatic N) is 2. The first-order valence-electron chi connectivity index (χ1n) is 11.4. The van der Waals surface area contributed by atoms with Crippen molar-refractivity contribution in [3.63, 3.8) is 0 Å². The van der Waals surface area contributed by atoms with E-state index in [4.69, 9.17) is 23.0 Å². The third kappa shape index (κ3) is 6.76. The summed E-state index contributed by atoms with van der Waals surface area (Å²) in [6.07, 6.45) is -5.88. The van der Waals surface area contributed by atoms with Crippen LogP contribution in [0.3, 0.4) is 0 Å². The Kier molecular flexibility index (Phi) is 9.26. The number of carbonyl (C=O) groups excluding carboxylic acids is 1. The molecule has 14 nitrogen and oxygen atoms in total. The molecule has 38 heavy (non-hydrogen) atoms. The highest BCUT2D eigenvalue weighted by Gasteiger charge is 2.56. The van der Waals surface area contributed by atoms with Crippen molar-refractivity contribution in [1.29, 1.82) is 0 Å². The number of phosphoric acid groups is 1. The van der Waals surface area contributed by atoms with Gasteiger partial charge in [0, 0.05) is 0 Å². The summed E-state index contributed by atoms with van der Waals surface area (Å²) in [4.78, 5) is 41.3. The first kappa shape index (κ1) is 29.2. The monoisotopic (exact) mass is 553 g/mol. The smallest absolute Gasteiger partial charge is 0.461 e. The van der Waals surface area contributed by atoms with Gasteiger partial charge in [0.1, 0.15) is 24.3 Å². The van der Waals surface area contributed by atoms with E-state index in [2.05, 4.69) is 16.8 Å². The van der Waals surface area contributed by atoms with Crippen molar-refractivity contribution in [2.75, 3.05) is 6.61 Å². The Bertz CT molecular complexity index is 1350. The van der Waals surface area contributed by atoms with Gasteiger partial charge in [0.15, 0.2) is 17.9 Å². The Hall–Kier alpha value is -3.31. The number of carbonyl (C=O) groups is 1. The molecule has 3 N–H and O–H groups in total. The average molecular weight is 553 g/mol. The number of hydrogen-bond acceptors (Lipinski definition) is 12. The normalized spacial score (nSPS) is 25.2. The van der Waals surface area contributed by atoms with Gasteiger partial charge in [-0.25, -0.2) is 18.9 Å². The number of hydrogen-bond donors (Lipinski definition) is 3. The molecular weight excluding hydrogens is 525 g/mol. The number of phosphoric ester groups is 1. The second-order valence-electron chi connectivity index (χ2n) is 8.44. The van der Waals surface area contributed by atoms with Gasteiger partial charge in [0.2, 0.25) is 0 Å². The molecule has 0 aliphatic carbocycles. The fraction of sp³-hybridized carbons (Fsp3) is 0.478. The zero-order chi connectivity index (χ0) is 28.1. The van der Waals surface area contributed by atoms with E-state index in [-0.39, 0.29) is 5.75 Å². The van der Waals surface area contributed by atoms with Crippen molar-refractivity contribution >= 4 is 13.8 Å². The van der Waals surface area contributed by atoms with Gasteiger partial charge in [0.25, 0.3) is 0 Å². The molecule has 6 atom stereocenters. The van der Waals surface area contributed by atoms with Crippen molar-refractivity contribution in [2.24, 2.45) is 0 Å². The second-order valence-corrected chi connectivity index (χ2v) is 9.99. The molecule has 0 saturated carbocycles. The SMILES string of the molecule is CC#CC1(O)[C@@H](O)[C@@H](CO[P@](=O)(Oc2ccccc2)O[C@@H](C)C(=O)OC(C)C)O[C@H]1n1cnc(=O)[nH]c1=O. The molecule has 1 saturated heterocycles. The molecule has 2 aromatic rings. The number of aromatic amines is 1. The molecule has 0 spiro atoms. The van der Waals surface area contributed by atoms with Crippen molar-refractivity contribution < 1.29 is 42.6 Å². The van der Waals surface area contributed by atoms with Crippen molar-refractivity contribution in [1.82, 2.24) is 14.5 Å². The number of benzene rings is 1. The van der Waals surface area contributed by atoms with Crippen LogP contribution < -0.4 is 15.9 Å². The number of nitrogens with one attached hydrogen (secondary N) is 1. The summed E-state index contributed by atoms with van der Waals surface area (Å²) in [7, 11) is -4.58. The van der Waals surface area contributed by atoms with E-state index >= 15 is 0 Å². The second kappa shape index (κ2) is 12.0. The zero-order valence-electron chi connectivity index (χ0n) is 21.0. The van der Waals surface area contributed by atoms with Gasteiger partial charge in [-0.1, -0.05) is 24.1 Å². The molecule has 0 amide bonds. The summed E-state index contributed by atoms with van der Waals surface area (Å²) >= 11 is 0. The van der Waals surface area contributed by atoms with Crippen LogP contribution in [0.15, 0.2) is 46.2 Å². The topological polar surface area (TPSA) is 188 Å². The third-order valence-corrected chi connectivity index (χ3v) is 6.61. The van der Waals surface area contributed by atoms with Crippen LogP contribution >= 0.6 is 7.82 Å². The minimum absolute atomic E-state index is 0.0882. The van der Waals surface area contributed by atoms with Gasteiger partial charge in [-0.15, -0.1) is 5.92 Å². The summed E-state index contributed by atoms with van der Waals surface area (Å²) in [6.45, 7) is 5.22. The fourth-order valence-corrected chi connectivity index (χ4v) is 4.80. The van der Waals surface area contributed by atoms with E-state index in [0.717, 1.165) is 10.9 Å². The average Bonchev–Trinajstić information content (AvgIpc) is 3.08. The van der Waals surface area contributed by atoms with Gasteiger partial charge in [-0.2, -0.15) is 4.98 Å². The molecule has 1 fully saturated rings. The van der Waals surface area contributed by atoms with Crippen LogP contribution in [0.25, 0.3) is 0 Å². The van der Waals surface area contributed by atoms with E-state index in [1.165, 1.54) is 26.0 Å². The lowest BCUT2D eigenvalue weighted by atomic mass is 9.94. The number of ether oxygens (including phenoxy) is 2. The lowest BCUT2D eigenvalue weighted by molar-refractivity contribution is -0.156. The largest absolute Gasteiger partial charge is 0.530 e. The minimum atomic E-state index is -4.58. The number of aliphatic hydroxyl groups excluding tert-OH is 1. The number of rotatable bonds is 10. The lowest BCUT2D eigenvalue weighted by Gasteiger charge is -2.26. The third-order valence-electron chi connectivity index (χ3n) is 5.14. The number of H-pyrrole nitrogens is 1. The maximum absolute atomic E-state index is 13.6. The van der Waals surface area contributed by atoms with Gasteiger partial charge in [0.05, 0.1) is 12.7 Å². The first-order chi connectivity index (χ1) is 17.9. The predicted octanol–water partition coefficient (Wildman–Crippen LogP) is 0.505. The Morgan fingerprint density at radius 1 is 1.29 bits per heavy atom. The van der Waals surface area contributed by atoms with Gasteiger partial charge < -0.3 is 24.2 Å². The number of esters is 1. The van der Waals surface area contributed by atoms with Gasteiger partial charge in [-0.05, 0) is 39.8 Å². The molecule has 0 radical (unpaired) electrons. The van der Waals surface area contributed by atoms with Crippen LogP contribution in [0.4, 0.5) is 0 Å². The summed E-state index contributed by atoms with van der Waals surface area (Å²) in [6, 6.07) is 7.83. The lowest BCUT2D eigenvalue weighted by Crippen LogP contribution is -2.48. The van der Waals surface area contributed by atoms with Crippen LogP contribution in [-0.4, -0.2) is 67.3 Å². The Morgan fingerprint density at radius 3 is 2.58 bits per heavy atom. The number of aliphatic hydroxyl groups is 2. The molecule has 1 aliphatic heterocycles. The van der Waals surface area contributed by atoms with E-state index in [9.17, 15) is 29.2 Å². The molecule has 1 aromatic carbocycles. The van der Waals surface area contributed by atoms with Crippen LogP contribution in [0.5, 0.6) is 5.75 Å². The number of para-hydroxylation sites is 1. The highest BCUT2D eigenvalue weighted by molar-refractivity contribution is 7.49. The van der Waals surface area contributed by atoms with Crippen LogP contribution in [-0.2, 0) is 27.9 Å². The minimum Gasteiger partial charge on any atom is -0.461 e. The Balaban J connectivity index is 1.86.